The third kappa shape index (κ3) is 2.35. The van der Waals surface area contributed by atoms with Gasteiger partial charge in [-0.05, 0) is 56.3 Å². The van der Waals surface area contributed by atoms with Crippen LogP contribution < -0.4 is 0 Å². The molecule has 3 rings (SSSR count). The number of allylic oxidation sites excluding steroid dienone is 1. The van der Waals surface area contributed by atoms with Gasteiger partial charge in [0.2, 0.25) is 0 Å². The molecule has 0 saturated carbocycles. The predicted molar refractivity (Wildman–Crippen MR) is 71.9 cm³/mol. The van der Waals surface area contributed by atoms with Crippen LogP contribution in [0.4, 0.5) is 4.39 Å². The van der Waals surface area contributed by atoms with Crippen molar-refractivity contribution in [1.29, 1.82) is 0 Å². The lowest BCUT2D eigenvalue weighted by Crippen LogP contribution is -2.34. The lowest BCUT2D eigenvalue weighted by molar-refractivity contribution is 0.198. The maximum atomic E-state index is 13.0. The van der Waals surface area contributed by atoms with E-state index in [-0.39, 0.29) is 5.82 Å². The Labute approximate surface area is 108 Å². The molecule has 2 atom stereocenters. The van der Waals surface area contributed by atoms with Crippen LogP contribution in [-0.4, -0.2) is 17.5 Å². The molecule has 1 heterocycles. The van der Waals surface area contributed by atoms with Gasteiger partial charge in [-0.2, -0.15) is 0 Å². The minimum atomic E-state index is -0.138. The van der Waals surface area contributed by atoms with E-state index in [0.29, 0.717) is 12.1 Å². The Kier molecular flexibility index (Phi) is 3.46. The fraction of sp³-hybridized carbons (Fsp3) is 0.500. The van der Waals surface area contributed by atoms with E-state index in [0.717, 1.165) is 0 Å². The van der Waals surface area contributed by atoms with Crippen molar-refractivity contribution in [2.24, 2.45) is 0 Å². The van der Waals surface area contributed by atoms with Gasteiger partial charge in [0.25, 0.3) is 0 Å². The Morgan fingerprint density at radius 2 is 1.89 bits per heavy atom. The molecule has 1 aromatic carbocycles. The third-order valence-electron chi connectivity index (χ3n) is 4.20. The SMILES string of the molecule is Fc1ccc(C2CCCN2C2C=CCCC2)cc1. The van der Waals surface area contributed by atoms with Gasteiger partial charge >= 0.3 is 0 Å². The van der Waals surface area contributed by atoms with Crippen molar-refractivity contribution in [3.05, 3.63) is 47.8 Å². The molecule has 1 nitrogen and oxygen atoms in total. The summed E-state index contributed by atoms with van der Waals surface area (Å²) in [5.74, 6) is -0.138. The molecule has 0 radical (unpaired) electrons. The largest absolute Gasteiger partial charge is 0.290 e. The van der Waals surface area contributed by atoms with Gasteiger partial charge in [-0.3, -0.25) is 4.90 Å². The minimum Gasteiger partial charge on any atom is -0.290 e. The summed E-state index contributed by atoms with van der Waals surface area (Å²) >= 11 is 0. The van der Waals surface area contributed by atoms with Crippen LogP contribution in [0, 0.1) is 5.82 Å². The minimum absolute atomic E-state index is 0.138. The van der Waals surface area contributed by atoms with Crippen molar-refractivity contribution in [2.75, 3.05) is 6.54 Å². The Bertz CT molecular complexity index is 423. The Hall–Kier alpha value is -1.15. The molecule has 0 amide bonds. The van der Waals surface area contributed by atoms with Gasteiger partial charge in [0.15, 0.2) is 0 Å². The summed E-state index contributed by atoms with van der Waals surface area (Å²) in [5, 5.41) is 0. The summed E-state index contributed by atoms with van der Waals surface area (Å²) in [7, 11) is 0. The van der Waals surface area contributed by atoms with E-state index in [1.165, 1.54) is 44.2 Å². The number of hydrogen-bond acceptors (Lipinski definition) is 1. The zero-order chi connectivity index (χ0) is 12.4. The summed E-state index contributed by atoms with van der Waals surface area (Å²) in [4.78, 5) is 2.60. The number of likely N-dealkylation sites (tertiary alicyclic amines) is 1. The van der Waals surface area contributed by atoms with E-state index < -0.39 is 0 Å². The topological polar surface area (TPSA) is 3.24 Å². The molecule has 1 fully saturated rings. The van der Waals surface area contributed by atoms with Crippen LogP contribution in [0.25, 0.3) is 0 Å². The molecule has 0 aromatic heterocycles. The van der Waals surface area contributed by atoms with Crippen LogP contribution >= 0.6 is 0 Å². The summed E-state index contributed by atoms with van der Waals surface area (Å²) in [6, 6.07) is 8.15. The van der Waals surface area contributed by atoms with E-state index in [1.54, 1.807) is 12.1 Å². The number of rotatable bonds is 2. The molecule has 1 saturated heterocycles. The summed E-state index contributed by atoms with van der Waals surface area (Å²) in [5.41, 5.74) is 1.27. The molecular weight excluding hydrogens is 225 g/mol. The highest BCUT2D eigenvalue weighted by Crippen LogP contribution is 2.35. The first-order chi connectivity index (χ1) is 8.84. The molecule has 1 aliphatic heterocycles. The second kappa shape index (κ2) is 5.23. The smallest absolute Gasteiger partial charge is 0.123 e. The molecule has 2 heteroatoms. The van der Waals surface area contributed by atoms with Crippen molar-refractivity contribution in [3.8, 4) is 0 Å². The van der Waals surface area contributed by atoms with Gasteiger partial charge < -0.3 is 0 Å². The van der Waals surface area contributed by atoms with E-state index in [9.17, 15) is 4.39 Å². The van der Waals surface area contributed by atoms with Crippen molar-refractivity contribution in [3.63, 3.8) is 0 Å². The maximum Gasteiger partial charge on any atom is 0.123 e. The van der Waals surface area contributed by atoms with Crippen molar-refractivity contribution >= 4 is 0 Å². The average molecular weight is 245 g/mol. The summed E-state index contributed by atoms with van der Waals surface area (Å²) in [6.45, 7) is 1.18. The van der Waals surface area contributed by atoms with Crippen molar-refractivity contribution < 1.29 is 4.39 Å². The number of halogens is 1. The first-order valence-electron chi connectivity index (χ1n) is 7.02. The van der Waals surface area contributed by atoms with E-state index >= 15 is 0 Å². The Morgan fingerprint density at radius 1 is 1.06 bits per heavy atom. The highest BCUT2D eigenvalue weighted by Gasteiger charge is 2.30. The first-order valence-corrected chi connectivity index (χ1v) is 7.02. The molecule has 0 spiro atoms. The van der Waals surface area contributed by atoms with Crippen LogP contribution in [0.3, 0.4) is 0 Å². The van der Waals surface area contributed by atoms with Gasteiger partial charge in [-0.15, -0.1) is 0 Å². The van der Waals surface area contributed by atoms with Gasteiger partial charge in [-0.25, -0.2) is 4.39 Å². The molecule has 18 heavy (non-hydrogen) atoms. The lowest BCUT2D eigenvalue weighted by Gasteiger charge is -2.33. The van der Waals surface area contributed by atoms with Crippen molar-refractivity contribution in [1.82, 2.24) is 4.90 Å². The van der Waals surface area contributed by atoms with Crippen LogP contribution in [0.2, 0.25) is 0 Å². The first kappa shape index (κ1) is 11.9. The van der Waals surface area contributed by atoms with E-state index in [1.807, 2.05) is 12.1 Å². The third-order valence-corrected chi connectivity index (χ3v) is 4.20. The van der Waals surface area contributed by atoms with Gasteiger partial charge in [0, 0.05) is 12.1 Å². The van der Waals surface area contributed by atoms with Crippen LogP contribution in [-0.2, 0) is 0 Å². The molecule has 2 aliphatic rings. The predicted octanol–water partition coefficient (Wildman–Crippen LogP) is 4.07. The molecule has 0 N–H and O–H groups in total. The average Bonchev–Trinajstić information content (AvgIpc) is 2.90. The molecular formula is C16H20FN. The lowest BCUT2D eigenvalue weighted by atomic mass is 9.98. The van der Waals surface area contributed by atoms with Crippen LogP contribution in [0.5, 0.6) is 0 Å². The second-order valence-corrected chi connectivity index (χ2v) is 5.37. The molecule has 1 aliphatic carbocycles. The monoisotopic (exact) mass is 245 g/mol. The van der Waals surface area contributed by atoms with Crippen LogP contribution in [0.1, 0.15) is 43.7 Å². The zero-order valence-electron chi connectivity index (χ0n) is 10.7. The van der Waals surface area contributed by atoms with Gasteiger partial charge in [0.05, 0.1) is 0 Å². The summed E-state index contributed by atoms with van der Waals surface area (Å²) < 4.78 is 13.0. The number of benzene rings is 1. The Balaban J connectivity index is 1.80. The highest BCUT2D eigenvalue weighted by molar-refractivity contribution is 5.22. The standard InChI is InChI=1S/C16H20FN/c17-14-10-8-13(9-11-14)16-7-4-12-18(16)15-5-2-1-3-6-15/h2,5,8-11,15-16H,1,3-4,6-7,12H2. The van der Waals surface area contributed by atoms with E-state index in [4.69, 9.17) is 0 Å². The normalized spacial score (nSPS) is 28.7. The Morgan fingerprint density at radius 3 is 2.61 bits per heavy atom. The van der Waals surface area contributed by atoms with Gasteiger partial charge in [-0.1, -0.05) is 24.3 Å². The molecule has 1 aromatic rings. The quantitative estimate of drug-likeness (QED) is 0.710. The zero-order valence-corrected chi connectivity index (χ0v) is 10.7. The molecule has 2 unspecified atom stereocenters. The maximum absolute atomic E-state index is 13.0. The molecule has 96 valence electrons. The fourth-order valence-electron chi connectivity index (χ4n) is 3.30. The number of nitrogens with zero attached hydrogens (tertiary/aromatic N) is 1. The summed E-state index contributed by atoms with van der Waals surface area (Å²) in [6.07, 6.45) is 10.9. The van der Waals surface area contributed by atoms with E-state index in [2.05, 4.69) is 17.1 Å². The number of hydrogen-bond donors (Lipinski definition) is 0. The second-order valence-electron chi connectivity index (χ2n) is 5.37. The van der Waals surface area contributed by atoms with Gasteiger partial charge in [0.1, 0.15) is 5.82 Å². The molecule has 0 bridgehead atoms. The fourth-order valence-corrected chi connectivity index (χ4v) is 3.30. The van der Waals surface area contributed by atoms with Crippen LogP contribution in [0.15, 0.2) is 36.4 Å². The highest BCUT2D eigenvalue weighted by atomic mass is 19.1. The van der Waals surface area contributed by atoms with Crippen molar-refractivity contribution in [2.45, 2.75) is 44.2 Å².